The van der Waals surface area contributed by atoms with Gasteiger partial charge in [-0.3, -0.25) is 0 Å². The highest BCUT2D eigenvalue weighted by atomic mass is 35.5. The van der Waals surface area contributed by atoms with E-state index in [1.54, 1.807) is 7.11 Å². The lowest BCUT2D eigenvalue weighted by atomic mass is 10.1. The fraction of sp³-hybridized carbons (Fsp3) is 0.625. The number of benzene rings is 1. The highest BCUT2D eigenvalue weighted by molar-refractivity contribution is 6.31. The van der Waals surface area contributed by atoms with E-state index in [1.165, 1.54) is 5.69 Å². The van der Waals surface area contributed by atoms with Gasteiger partial charge in [0.1, 0.15) is 0 Å². The molecule has 0 atom stereocenters. The van der Waals surface area contributed by atoms with Gasteiger partial charge >= 0.3 is 0 Å². The van der Waals surface area contributed by atoms with Crippen molar-refractivity contribution in [3.05, 3.63) is 28.8 Å². The summed E-state index contributed by atoms with van der Waals surface area (Å²) in [7, 11) is 1.73. The maximum Gasteiger partial charge on any atom is 0.0637 e. The van der Waals surface area contributed by atoms with Crippen LogP contribution in [0.25, 0.3) is 0 Å². The predicted octanol–water partition coefficient (Wildman–Crippen LogP) is 3.70. The Bertz CT molecular complexity index is 407. The van der Waals surface area contributed by atoms with Gasteiger partial charge in [0.2, 0.25) is 0 Å². The van der Waals surface area contributed by atoms with E-state index in [0.717, 1.165) is 23.7 Å². The Morgan fingerprint density at radius 1 is 1.25 bits per heavy atom. The number of methoxy groups -OCH3 is 1. The Morgan fingerprint density at radius 3 is 2.50 bits per heavy atom. The average molecular weight is 299 g/mol. The predicted molar refractivity (Wildman–Crippen MR) is 87.8 cm³/mol. The highest BCUT2D eigenvalue weighted by Crippen LogP contribution is 2.29. The van der Waals surface area contributed by atoms with E-state index >= 15 is 0 Å². The van der Waals surface area contributed by atoms with Gasteiger partial charge in [0.15, 0.2) is 0 Å². The minimum atomic E-state index is 0.404. The third-order valence-corrected chi connectivity index (χ3v) is 3.60. The summed E-state index contributed by atoms with van der Waals surface area (Å²) in [5, 5.41) is 4.27. The number of rotatable bonds is 8. The summed E-state index contributed by atoms with van der Waals surface area (Å²) < 4.78 is 5.22. The van der Waals surface area contributed by atoms with Crippen molar-refractivity contribution in [2.45, 2.75) is 46.3 Å². The van der Waals surface area contributed by atoms with Crippen molar-refractivity contribution in [3.8, 4) is 0 Å². The molecule has 0 heterocycles. The summed E-state index contributed by atoms with van der Waals surface area (Å²) in [5.41, 5.74) is 2.35. The lowest BCUT2D eigenvalue weighted by molar-refractivity contribution is 0.204. The molecule has 1 N–H and O–H groups in total. The van der Waals surface area contributed by atoms with Gasteiger partial charge in [0, 0.05) is 48.6 Å². The molecule has 0 aliphatic rings. The SMILES string of the molecule is COCCN(c1cccc(Cl)c1CNC(C)C)C(C)C. The first-order valence-electron chi connectivity index (χ1n) is 7.23. The van der Waals surface area contributed by atoms with E-state index in [0.29, 0.717) is 18.7 Å². The Labute approximate surface area is 128 Å². The molecule has 1 aromatic carbocycles. The van der Waals surface area contributed by atoms with Crippen LogP contribution in [0, 0.1) is 0 Å². The number of nitrogens with one attached hydrogen (secondary N) is 1. The Morgan fingerprint density at radius 2 is 1.95 bits per heavy atom. The molecule has 0 unspecified atom stereocenters. The molecule has 0 bridgehead atoms. The lowest BCUT2D eigenvalue weighted by Gasteiger charge is -2.31. The summed E-state index contributed by atoms with van der Waals surface area (Å²) in [6, 6.07) is 6.95. The molecule has 0 fully saturated rings. The molecule has 0 radical (unpaired) electrons. The first kappa shape index (κ1) is 17.3. The van der Waals surface area contributed by atoms with E-state index in [-0.39, 0.29) is 0 Å². The van der Waals surface area contributed by atoms with Crippen LogP contribution in [0.4, 0.5) is 5.69 Å². The van der Waals surface area contributed by atoms with Crippen LogP contribution in [0.2, 0.25) is 5.02 Å². The highest BCUT2D eigenvalue weighted by Gasteiger charge is 2.16. The molecule has 0 saturated heterocycles. The van der Waals surface area contributed by atoms with Gasteiger partial charge in [-0.25, -0.2) is 0 Å². The van der Waals surface area contributed by atoms with E-state index in [2.05, 4.69) is 44.0 Å². The first-order valence-corrected chi connectivity index (χ1v) is 7.61. The van der Waals surface area contributed by atoms with Gasteiger partial charge in [-0.05, 0) is 26.0 Å². The zero-order valence-electron chi connectivity index (χ0n) is 13.2. The monoisotopic (exact) mass is 298 g/mol. The second kappa shape index (κ2) is 8.50. The maximum atomic E-state index is 6.40. The summed E-state index contributed by atoms with van der Waals surface area (Å²) in [6.45, 7) is 11.0. The molecule has 3 nitrogen and oxygen atoms in total. The molecule has 114 valence electrons. The quantitative estimate of drug-likeness (QED) is 0.792. The molecular formula is C16H27ClN2O. The van der Waals surface area contributed by atoms with Crippen LogP contribution in [0.15, 0.2) is 18.2 Å². The molecule has 0 aliphatic heterocycles. The van der Waals surface area contributed by atoms with E-state index in [4.69, 9.17) is 16.3 Å². The fourth-order valence-electron chi connectivity index (χ4n) is 2.14. The second-order valence-corrected chi connectivity index (χ2v) is 5.96. The average Bonchev–Trinajstić information content (AvgIpc) is 2.37. The summed E-state index contributed by atoms with van der Waals surface area (Å²) >= 11 is 6.40. The number of halogens is 1. The standard InChI is InChI=1S/C16H27ClN2O/c1-12(2)18-11-14-15(17)7-6-8-16(14)19(13(3)4)9-10-20-5/h6-8,12-13,18H,9-11H2,1-5H3. The summed E-state index contributed by atoms with van der Waals surface area (Å²) in [5.74, 6) is 0. The minimum absolute atomic E-state index is 0.404. The number of hydrogen-bond acceptors (Lipinski definition) is 3. The van der Waals surface area contributed by atoms with Gasteiger partial charge in [0.25, 0.3) is 0 Å². The van der Waals surface area contributed by atoms with Crippen LogP contribution in [0.1, 0.15) is 33.3 Å². The van der Waals surface area contributed by atoms with Crippen molar-refractivity contribution in [1.82, 2.24) is 5.32 Å². The van der Waals surface area contributed by atoms with Gasteiger partial charge in [-0.1, -0.05) is 31.5 Å². The van der Waals surface area contributed by atoms with Crippen molar-refractivity contribution in [2.24, 2.45) is 0 Å². The Balaban J connectivity index is 3.03. The van der Waals surface area contributed by atoms with Crippen molar-refractivity contribution >= 4 is 17.3 Å². The Kier molecular flexibility index (Phi) is 7.35. The zero-order valence-corrected chi connectivity index (χ0v) is 14.0. The minimum Gasteiger partial charge on any atom is -0.383 e. The number of ether oxygens (including phenoxy) is 1. The summed E-state index contributed by atoms with van der Waals surface area (Å²) in [6.07, 6.45) is 0. The number of hydrogen-bond donors (Lipinski definition) is 1. The van der Waals surface area contributed by atoms with Crippen molar-refractivity contribution in [2.75, 3.05) is 25.2 Å². The lowest BCUT2D eigenvalue weighted by Crippen LogP contribution is -2.35. The Hall–Kier alpha value is -0.770. The third-order valence-electron chi connectivity index (χ3n) is 3.25. The molecule has 4 heteroatoms. The van der Waals surface area contributed by atoms with Crippen LogP contribution >= 0.6 is 11.6 Å². The van der Waals surface area contributed by atoms with E-state index in [9.17, 15) is 0 Å². The van der Waals surface area contributed by atoms with E-state index in [1.807, 2.05) is 12.1 Å². The fourth-order valence-corrected chi connectivity index (χ4v) is 2.38. The molecule has 20 heavy (non-hydrogen) atoms. The molecule has 0 saturated carbocycles. The molecule has 0 amide bonds. The van der Waals surface area contributed by atoms with Crippen LogP contribution in [0.5, 0.6) is 0 Å². The number of anilines is 1. The van der Waals surface area contributed by atoms with Crippen LogP contribution in [-0.2, 0) is 11.3 Å². The van der Waals surface area contributed by atoms with Crippen LogP contribution in [-0.4, -0.2) is 32.3 Å². The number of nitrogens with zero attached hydrogens (tertiary/aromatic N) is 1. The van der Waals surface area contributed by atoms with Gasteiger partial charge in [0.05, 0.1) is 6.61 Å². The maximum absolute atomic E-state index is 6.40. The van der Waals surface area contributed by atoms with Crippen molar-refractivity contribution in [1.29, 1.82) is 0 Å². The van der Waals surface area contributed by atoms with Crippen LogP contribution < -0.4 is 10.2 Å². The van der Waals surface area contributed by atoms with Crippen LogP contribution in [0.3, 0.4) is 0 Å². The molecule has 0 aliphatic carbocycles. The molecule has 1 aromatic rings. The first-order chi connectivity index (χ1) is 9.47. The molecular weight excluding hydrogens is 272 g/mol. The molecule has 1 rings (SSSR count). The van der Waals surface area contributed by atoms with Crippen molar-refractivity contribution in [3.63, 3.8) is 0 Å². The van der Waals surface area contributed by atoms with Gasteiger partial charge < -0.3 is 15.0 Å². The van der Waals surface area contributed by atoms with Gasteiger partial charge in [-0.2, -0.15) is 0 Å². The topological polar surface area (TPSA) is 24.5 Å². The third kappa shape index (κ3) is 4.97. The zero-order chi connectivity index (χ0) is 15.1. The second-order valence-electron chi connectivity index (χ2n) is 5.55. The van der Waals surface area contributed by atoms with E-state index < -0.39 is 0 Å². The van der Waals surface area contributed by atoms with Crippen molar-refractivity contribution < 1.29 is 4.74 Å². The molecule has 0 aromatic heterocycles. The molecule has 0 spiro atoms. The summed E-state index contributed by atoms with van der Waals surface area (Å²) in [4.78, 5) is 2.34. The largest absolute Gasteiger partial charge is 0.383 e. The van der Waals surface area contributed by atoms with Gasteiger partial charge in [-0.15, -0.1) is 0 Å². The smallest absolute Gasteiger partial charge is 0.0637 e. The normalized spacial score (nSPS) is 11.4.